The van der Waals surface area contributed by atoms with E-state index in [1.165, 1.54) is 44.1 Å². The van der Waals surface area contributed by atoms with Gasteiger partial charge in [0.25, 0.3) is 0 Å². The lowest BCUT2D eigenvalue weighted by molar-refractivity contribution is 0.475. The Morgan fingerprint density at radius 2 is 2.00 bits per heavy atom. The molecule has 1 heterocycles. The number of unbranched alkanes of at least 4 members (excludes halogenated alkanes) is 3. The van der Waals surface area contributed by atoms with Crippen molar-refractivity contribution in [3.8, 4) is 0 Å². The molecular weight excluding hydrogens is 226 g/mol. The van der Waals surface area contributed by atoms with Crippen molar-refractivity contribution in [3.63, 3.8) is 0 Å². The zero-order chi connectivity index (χ0) is 12.5. The van der Waals surface area contributed by atoms with Crippen LogP contribution in [-0.2, 0) is 0 Å². The van der Waals surface area contributed by atoms with Gasteiger partial charge in [0.1, 0.15) is 0 Å². The third kappa shape index (κ3) is 5.22. The SMILES string of the molecule is CCCCCCC(NCCC)c1sccc1C. The molecule has 0 amide bonds. The van der Waals surface area contributed by atoms with Crippen LogP contribution in [0.3, 0.4) is 0 Å². The highest BCUT2D eigenvalue weighted by atomic mass is 32.1. The van der Waals surface area contributed by atoms with E-state index in [4.69, 9.17) is 0 Å². The van der Waals surface area contributed by atoms with Crippen LogP contribution in [0, 0.1) is 6.92 Å². The summed E-state index contributed by atoms with van der Waals surface area (Å²) in [5, 5.41) is 5.92. The van der Waals surface area contributed by atoms with Gasteiger partial charge in [-0.2, -0.15) is 0 Å². The molecule has 1 N–H and O–H groups in total. The summed E-state index contributed by atoms with van der Waals surface area (Å²) in [7, 11) is 0. The van der Waals surface area contributed by atoms with Gasteiger partial charge in [0, 0.05) is 10.9 Å². The molecule has 0 aromatic carbocycles. The number of aryl methyl sites for hydroxylation is 1. The summed E-state index contributed by atoms with van der Waals surface area (Å²) in [6.45, 7) is 7.88. The molecule has 2 heteroatoms. The summed E-state index contributed by atoms with van der Waals surface area (Å²) in [6.07, 6.45) is 7.95. The van der Waals surface area contributed by atoms with Gasteiger partial charge in [0.05, 0.1) is 0 Å². The predicted molar refractivity (Wildman–Crippen MR) is 78.8 cm³/mol. The normalized spacial score (nSPS) is 12.9. The molecule has 0 aliphatic carbocycles. The van der Waals surface area contributed by atoms with Crippen LogP contribution in [-0.4, -0.2) is 6.54 Å². The molecule has 17 heavy (non-hydrogen) atoms. The first kappa shape index (κ1) is 14.7. The minimum atomic E-state index is 0.590. The first-order chi connectivity index (χ1) is 8.29. The van der Waals surface area contributed by atoms with Crippen LogP contribution in [0.5, 0.6) is 0 Å². The molecule has 1 rings (SSSR count). The van der Waals surface area contributed by atoms with Crippen LogP contribution >= 0.6 is 11.3 Å². The van der Waals surface area contributed by atoms with Gasteiger partial charge in [-0.05, 0) is 43.3 Å². The number of rotatable bonds is 9. The summed E-state index contributed by atoms with van der Waals surface area (Å²) in [6, 6.07) is 2.83. The average Bonchev–Trinajstić information content (AvgIpc) is 2.75. The molecule has 1 nitrogen and oxygen atoms in total. The highest BCUT2D eigenvalue weighted by Gasteiger charge is 2.13. The van der Waals surface area contributed by atoms with E-state index in [1.54, 1.807) is 4.88 Å². The van der Waals surface area contributed by atoms with Gasteiger partial charge in [0.15, 0.2) is 0 Å². The third-order valence-corrected chi connectivity index (χ3v) is 4.34. The number of hydrogen-bond acceptors (Lipinski definition) is 2. The topological polar surface area (TPSA) is 12.0 Å². The van der Waals surface area contributed by atoms with Crippen LogP contribution in [0.2, 0.25) is 0 Å². The average molecular weight is 253 g/mol. The first-order valence-electron chi connectivity index (χ1n) is 7.07. The summed E-state index contributed by atoms with van der Waals surface area (Å²) in [5.74, 6) is 0. The zero-order valence-electron chi connectivity index (χ0n) is 11.6. The van der Waals surface area contributed by atoms with Gasteiger partial charge in [0.2, 0.25) is 0 Å². The lowest BCUT2D eigenvalue weighted by atomic mass is 10.0. The molecule has 1 atom stereocenters. The Bertz CT molecular complexity index is 293. The lowest BCUT2D eigenvalue weighted by Crippen LogP contribution is -2.21. The van der Waals surface area contributed by atoms with Crippen LogP contribution in [0.4, 0.5) is 0 Å². The molecular formula is C15H27NS. The molecule has 0 aliphatic heterocycles. The highest BCUT2D eigenvalue weighted by molar-refractivity contribution is 7.10. The molecule has 1 aromatic heterocycles. The Morgan fingerprint density at radius 1 is 1.18 bits per heavy atom. The van der Waals surface area contributed by atoms with Crippen molar-refractivity contribution in [3.05, 3.63) is 21.9 Å². The Morgan fingerprint density at radius 3 is 2.59 bits per heavy atom. The van der Waals surface area contributed by atoms with Gasteiger partial charge in [-0.15, -0.1) is 11.3 Å². The van der Waals surface area contributed by atoms with Gasteiger partial charge >= 0.3 is 0 Å². The molecule has 0 radical (unpaired) electrons. The quantitative estimate of drug-likeness (QED) is 0.606. The van der Waals surface area contributed by atoms with Crippen molar-refractivity contribution in [1.29, 1.82) is 0 Å². The van der Waals surface area contributed by atoms with E-state index in [1.807, 2.05) is 11.3 Å². The molecule has 0 bridgehead atoms. The standard InChI is InChI=1S/C15H27NS/c1-4-6-7-8-9-14(16-11-5-2)15-13(3)10-12-17-15/h10,12,14,16H,4-9,11H2,1-3H3. The second-order valence-electron chi connectivity index (χ2n) is 4.82. The van der Waals surface area contributed by atoms with E-state index < -0.39 is 0 Å². The Labute approximate surface area is 111 Å². The van der Waals surface area contributed by atoms with Crippen molar-refractivity contribution in [2.24, 2.45) is 0 Å². The maximum Gasteiger partial charge on any atom is 0.0417 e. The van der Waals surface area contributed by atoms with Gasteiger partial charge < -0.3 is 5.32 Å². The van der Waals surface area contributed by atoms with Gasteiger partial charge in [-0.1, -0.05) is 39.5 Å². The van der Waals surface area contributed by atoms with Crippen molar-refractivity contribution < 1.29 is 0 Å². The van der Waals surface area contributed by atoms with Crippen LogP contribution in [0.1, 0.15) is 68.9 Å². The molecule has 98 valence electrons. The Kier molecular flexibility index (Phi) is 7.54. The first-order valence-corrected chi connectivity index (χ1v) is 7.94. The largest absolute Gasteiger partial charge is 0.309 e. The molecule has 1 unspecified atom stereocenters. The van der Waals surface area contributed by atoms with E-state index in [0.717, 1.165) is 6.54 Å². The Hall–Kier alpha value is -0.340. The summed E-state index contributed by atoms with van der Waals surface area (Å²) in [4.78, 5) is 1.55. The second-order valence-corrected chi connectivity index (χ2v) is 5.77. The molecule has 0 saturated heterocycles. The van der Waals surface area contributed by atoms with Gasteiger partial charge in [-0.25, -0.2) is 0 Å². The monoisotopic (exact) mass is 253 g/mol. The van der Waals surface area contributed by atoms with E-state index in [0.29, 0.717) is 6.04 Å². The number of thiophene rings is 1. The molecule has 1 aromatic rings. The van der Waals surface area contributed by atoms with Crippen molar-refractivity contribution in [2.45, 2.75) is 65.3 Å². The molecule has 0 fully saturated rings. The van der Waals surface area contributed by atoms with E-state index in [2.05, 4.69) is 37.5 Å². The van der Waals surface area contributed by atoms with E-state index in [-0.39, 0.29) is 0 Å². The fraction of sp³-hybridized carbons (Fsp3) is 0.733. The van der Waals surface area contributed by atoms with E-state index in [9.17, 15) is 0 Å². The second kappa shape index (κ2) is 8.71. The van der Waals surface area contributed by atoms with Crippen molar-refractivity contribution in [2.75, 3.05) is 6.54 Å². The number of nitrogens with one attached hydrogen (secondary N) is 1. The minimum Gasteiger partial charge on any atom is -0.309 e. The molecule has 0 aliphatic rings. The molecule has 0 saturated carbocycles. The number of hydrogen-bond donors (Lipinski definition) is 1. The zero-order valence-corrected chi connectivity index (χ0v) is 12.4. The molecule has 0 spiro atoms. The van der Waals surface area contributed by atoms with Crippen LogP contribution in [0.25, 0.3) is 0 Å². The third-order valence-electron chi connectivity index (χ3n) is 3.21. The summed E-state index contributed by atoms with van der Waals surface area (Å²) >= 11 is 1.91. The summed E-state index contributed by atoms with van der Waals surface area (Å²) in [5.41, 5.74) is 1.46. The predicted octanol–water partition coefficient (Wildman–Crippen LogP) is 5.07. The van der Waals surface area contributed by atoms with Crippen LogP contribution in [0.15, 0.2) is 11.4 Å². The maximum absolute atomic E-state index is 3.70. The summed E-state index contributed by atoms with van der Waals surface area (Å²) < 4.78 is 0. The smallest absolute Gasteiger partial charge is 0.0417 e. The minimum absolute atomic E-state index is 0.590. The highest BCUT2D eigenvalue weighted by Crippen LogP contribution is 2.28. The van der Waals surface area contributed by atoms with Crippen LogP contribution < -0.4 is 5.32 Å². The Balaban J connectivity index is 2.46. The fourth-order valence-electron chi connectivity index (χ4n) is 2.16. The van der Waals surface area contributed by atoms with Crippen molar-refractivity contribution in [1.82, 2.24) is 5.32 Å². The van der Waals surface area contributed by atoms with E-state index >= 15 is 0 Å². The maximum atomic E-state index is 3.70. The van der Waals surface area contributed by atoms with Crippen molar-refractivity contribution >= 4 is 11.3 Å². The van der Waals surface area contributed by atoms with Gasteiger partial charge in [-0.3, -0.25) is 0 Å². The lowest BCUT2D eigenvalue weighted by Gasteiger charge is -2.18. The fourth-order valence-corrected chi connectivity index (χ4v) is 3.20.